The summed E-state index contributed by atoms with van der Waals surface area (Å²) in [5.41, 5.74) is 3.06. The van der Waals surface area contributed by atoms with E-state index in [1.165, 1.54) is 11.6 Å². The van der Waals surface area contributed by atoms with Gasteiger partial charge in [-0.25, -0.2) is 4.39 Å². The number of benzene rings is 2. The Morgan fingerprint density at radius 2 is 1.85 bits per heavy atom. The van der Waals surface area contributed by atoms with Gasteiger partial charge in [-0.2, -0.15) is 11.8 Å². The molecule has 0 aliphatic carbocycles. The average Bonchev–Trinajstić information content (AvgIpc) is 2.68. The molecule has 27 heavy (non-hydrogen) atoms. The molecule has 2 aromatic rings. The van der Waals surface area contributed by atoms with E-state index in [-0.39, 0.29) is 24.4 Å². The summed E-state index contributed by atoms with van der Waals surface area (Å²) in [5, 5.41) is 12.4. The highest BCUT2D eigenvalue weighted by Gasteiger charge is 2.19. The molecule has 0 bridgehead atoms. The Kier molecular flexibility index (Phi) is 6.74. The first-order chi connectivity index (χ1) is 13.1. The van der Waals surface area contributed by atoms with E-state index in [0.717, 1.165) is 11.3 Å². The molecule has 2 N–H and O–H groups in total. The van der Waals surface area contributed by atoms with Crippen LogP contribution >= 0.6 is 11.8 Å². The molecule has 0 saturated carbocycles. The number of aliphatic hydroxyl groups is 1. The molecule has 6 heteroatoms. The lowest BCUT2D eigenvalue weighted by atomic mass is 10.1. The second-order valence-corrected chi connectivity index (χ2v) is 7.68. The number of carbonyl (C=O) groups is 1. The molecule has 2 aromatic carbocycles. The molecule has 0 spiro atoms. The van der Waals surface area contributed by atoms with E-state index in [4.69, 9.17) is 0 Å². The number of amides is 1. The fraction of sp³-hybridized carbons (Fsp3) is 0.381. The Hall–Kier alpha value is -2.05. The first-order valence-electron chi connectivity index (χ1n) is 9.14. The minimum absolute atomic E-state index is 0.166. The Morgan fingerprint density at radius 3 is 2.48 bits per heavy atom. The number of aliphatic hydroxyl groups excluding tert-OH is 1. The van der Waals surface area contributed by atoms with Gasteiger partial charge in [-0.05, 0) is 54.5 Å². The van der Waals surface area contributed by atoms with Gasteiger partial charge in [-0.3, -0.25) is 4.79 Å². The molecule has 0 atom stereocenters. The molecule has 1 aliphatic rings. The first-order valence-corrected chi connectivity index (χ1v) is 10.5. The van der Waals surface area contributed by atoms with Crippen molar-refractivity contribution < 1.29 is 14.3 Å². The maximum Gasteiger partial charge on any atom is 0.251 e. The van der Waals surface area contributed by atoms with Crippen LogP contribution in [0.2, 0.25) is 0 Å². The lowest BCUT2D eigenvalue weighted by Gasteiger charge is -2.31. The van der Waals surface area contributed by atoms with Gasteiger partial charge >= 0.3 is 0 Å². The molecule has 144 valence electrons. The van der Waals surface area contributed by atoms with Gasteiger partial charge in [0.2, 0.25) is 0 Å². The van der Waals surface area contributed by atoms with Gasteiger partial charge in [-0.1, -0.05) is 18.2 Å². The summed E-state index contributed by atoms with van der Waals surface area (Å²) in [7, 11) is 0. The average molecular weight is 389 g/mol. The zero-order chi connectivity index (χ0) is 19.2. The van der Waals surface area contributed by atoms with Crippen LogP contribution in [0.25, 0.3) is 0 Å². The highest BCUT2D eigenvalue weighted by molar-refractivity contribution is 7.97. The Balaban J connectivity index is 1.57. The van der Waals surface area contributed by atoms with Crippen LogP contribution in [-0.4, -0.2) is 36.5 Å². The molecule has 1 fully saturated rings. The third kappa shape index (κ3) is 5.23. The maximum atomic E-state index is 14.5. The monoisotopic (exact) mass is 388 g/mol. The Labute approximate surface area is 163 Å². The molecule has 4 nitrogen and oxygen atoms in total. The van der Waals surface area contributed by atoms with E-state index in [9.17, 15) is 14.3 Å². The van der Waals surface area contributed by atoms with Crippen LogP contribution in [0.3, 0.4) is 0 Å². The summed E-state index contributed by atoms with van der Waals surface area (Å²) in [6.07, 6.45) is 3.08. The molecular weight excluding hydrogens is 363 g/mol. The quantitative estimate of drug-likeness (QED) is 0.794. The van der Waals surface area contributed by atoms with Crippen LogP contribution < -0.4 is 10.2 Å². The number of thioether (sulfide) groups is 1. The molecule has 0 unspecified atom stereocenters. The molecule has 1 aliphatic heterocycles. The number of halogens is 1. The minimum Gasteiger partial charge on any atom is -0.393 e. The zero-order valence-corrected chi connectivity index (χ0v) is 16.3. The van der Waals surface area contributed by atoms with Crippen LogP contribution in [0.15, 0.2) is 42.5 Å². The van der Waals surface area contributed by atoms with Crippen molar-refractivity contribution in [3.63, 3.8) is 0 Å². The topological polar surface area (TPSA) is 52.6 Å². The van der Waals surface area contributed by atoms with Crippen molar-refractivity contribution in [2.24, 2.45) is 0 Å². The molecule has 1 heterocycles. The normalized spacial score (nSPS) is 15.0. The number of carbonyl (C=O) groups excluding carboxylic acids is 1. The van der Waals surface area contributed by atoms with E-state index in [1.807, 2.05) is 41.5 Å². The lowest BCUT2D eigenvalue weighted by Crippen LogP contribution is -2.36. The second-order valence-electron chi connectivity index (χ2n) is 6.82. The van der Waals surface area contributed by atoms with Crippen molar-refractivity contribution in [1.29, 1.82) is 0 Å². The van der Waals surface area contributed by atoms with Crippen LogP contribution in [0.1, 0.15) is 34.3 Å². The fourth-order valence-corrected chi connectivity index (χ4v) is 3.75. The highest BCUT2D eigenvalue weighted by Crippen LogP contribution is 2.24. The predicted octanol–water partition coefficient (Wildman–Crippen LogP) is 3.58. The van der Waals surface area contributed by atoms with Crippen molar-refractivity contribution in [2.45, 2.75) is 31.2 Å². The van der Waals surface area contributed by atoms with E-state index >= 15 is 0 Å². The standard InChI is InChI=1S/C21H25FN2O2S/c1-27-14-15-2-5-17(6-3-15)21(26)23-13-16-4-7-20(19(22)12-16)24-10-8-18(25)9-11-24/h2-7,12,18,25H,8-11,13-14H2,1H3,(H,23,26). The molecule has 1 amide bonds. The lowest BCUT2D eigenvalue weighted by molar-refractivity contribution is 0.0951. The van der Waals surface area contributed by atoms with Gasteiger partial charge in [0, 0.05) is 31.0 Å². The summed E-state index contributed by atoms with van der Waals surface area (Å²) < 4.78 is 14.5. The van der Waals surface area contributed by atoms with Crippen molar-refractivity contribution in [3.8, 4) is 0 Å². The summed E-state index contributed by atoms with van der Waals surface area (Å²) in [6.45, 7) is 1.59. The number of nitrogens with zero attached hydrogens (tertiary/aromatic N) is 1. The van der Waals surface area contributed by atoms with Crippen LogP contribution in [0.5, 0.6) is 0 Å². The molecule has 0 radical (unpaired) electrons. The van der Waals surface area contributed by atoms with Crippen LogP contribution in [0.4, 0.5) is 10.1 Å². The number of hydrogen-bond donors (Lipinski definition) is 2. The number of rotatable bonds is 6. The van der Waals surface area contributed by atoms with Crippen molar-refractivity contribution in [3.05, 3.63) is 65.0 Å². The Morgan fingerprint density at radius 1 is 1.19 bits per heavy atom. The van der Waals surface area contributed by atoms with Gasteiger partial charge in [-0.15, -0.1) is 0 Å². The van der Waals surface area contributed by atoms with Gasteiger partial charge in [0.1, 0.15) is 5.82 Å². The third-order valence-corrected chi connectivity index (χ3v) is 5.42. The number of anilines is 1. The Bertz CT molecular complexity index is 774. The predicted molar refractivity (Wildman–Crippen MR) is 109 cm³/mol. The summed E-state index contributed by atoms with van der Waals surface area (Å²) in [6, 6.07) is 12.6. The van der Waals surface area contributed by atoms with E-state index in [0.29, 0.717) is 37.2 Å². The zero-order valence-electron chi connectivity index (χ0n) is 15.5. The number of hydrogen-bond acceptors (Lipinski definition) is 4. The molecule has 0 aromatic heterocycles. The second kappa shape index (κ2) is 9.24. The van der Waals surface area contributed by atoms with E-state index in [2.05, 4.69) is 5.32 Å². The number of piperidine rings is 1. The SMILES string of the molecule is CSCc1ccc(C(=O)NCc2ccc(N3CCC(O)CC3)c(F)c2)cc1. The summed E-state index contributed by atoms with van der Waals surface area (Å²) >= 11 is 1.74. The van der Waals surface area contributed by atoms with Gasteiger partial charge in [0.25, 0.3) is 5.91 Å². The highest BCUT2D eigenvalue weighted by atomic mass is 32.2. The van der Waals surface area contributed by atoms with Crippen molar-refractivity contribution in [1.82, 2.24) is 5.32 Å². The first kappa shape index (κ1) is 19.7. The van der Waals surface area contributed by atoms with Crippen LogP contribution in [0, 0.1) is 5.82 Å². The largest absolute Gasteiger partial charge is 0.393 e. The van der Waals surface area contributed by atoms with Crippen molar-refractivity contribution in [2.75, 3.05) is 24.2 Å². The number of nitrogens with one attached hydrogen (secondary N) is 1. The summed E-state index contributed by atoms with van der Waals surface area (Å²) in [5.74, 6) is 0.462. The van der Waals surface area contributed by atoms with Gasteiger partial charge in [0.05, 0.1) is 11.8 Å². The minimum atomic E-state index is -0.292. The summed E-state index contributed by atoms with van der Waals surface area (Å²) in [4.78, 5) is 14.2. The fourth-order valence-electron chi connectivity index (χ4n) is 3.23. The van der Waals surface area contributed by atoms with Crippen LogP contribution in [-0.2, 0) is 12.3 Å². The van der Waals surface area contributed by atoms with Crippen molar-refractivity contribution >= 4 is 23.4 Å². The molecule has 1 saturated heterocycles. The van der Waals surface area contributed by atoms with Gasteiger partial charge < -0.3 is 15.3 Å². The molecule has 3 rings (SSSR count). The third-order valence-electron chi connectivity index (χ3n) is 4.80. The maximum absolute atomic E-state index is 14.5. The molecular formula is C21H25FN2O2S. The van der Waals surface area contributed by atoms with Gasteiger partial charge in [0.15, 0.2) is 0 Å². The van der Waals surface area contributed by atoms with E-state index < -0.39 is 0 Å². The smallest absolute Gasteiger partial charge is 0.251 e. The van der Waals surface area contributed by atoms with E-state index in [1.54, 1.807) is 17.8 Å².